The molecule has 1 aromatic carbocycles. The first-order valence-corrected chi connectivity index (χ1v) is 11.6. The number of carbonyl (C=O) groups excluding carboxylic acids is 2. The molecule has 2 aromatic rings. The van der Waals surface area contributed by atoms with E-state index in [1.165, 1.54) is 0 Å². The number of hydrogen-bond acceptors (Lipinski definition) is 3. The molecule has 0 atom stereocenters. The average molecular weight is 468 g/mol. The van der Waals surface area contributed by atoms with Gasteiger partial charge in [0, 0.05) is 54.8 Å². The summed E-state index contributed by atoms with van der Waals surface area (Å²) in [6.45, 7) is 8.85. The molecule has 3 rings (SSSR count). The molecule has 0 saturated carbocycles. The van der Waals surface area contributed by atoms with Gasteiger partial charge in [-0.3, -0.25) is 4.79 Å². The number of benzene rings is 1. The summed E-state index contributed by atoms with van der Waals surface area (Å²) in [5.74, 6) is -0.296. The highest BCUT2D eigenvalue weighted by Crippen LogP contribution is 2.20. The maximum atomic E-state index is 13.1. The number of nitrogens with one attached hydrogen (secondary N) is 1. The van der Waals surface area contributed by atoms with E-state index in [1.807, 2.05) is 19.9 Å². The summed E-state index contributed by atoms with van der Waals surface area (Å²) in [4.78, 5) is 29.1. The Morgan fingerprint density at radius 1 is 1.15 bits per heavy atom. The Kier molecular flexibility index (Phi) is 8.18. The van der Waals surface area contributed by atoms with Crippen LogP contribution in [0.4, 0.5) is 10.5 Å². The van der Waals surface area contributed by atoms with Gasteiger partial charge >= 0.3 is 6.03 Å². The molecule has 0 aliphatic carbocycles. The molecule has 3 amide bonds. The lowest BCUT2D eigenvalue weighted by atomic mass is 10.1. The second-order valence-electron chi connectivity index (χ2n) is 8.22. The van der Waals surface area contributed by atoms with Crippen LogP contribution in [-0.2, 0) is 11.3 Å². The molecular formula is C25H30ClN5O2. The number of carbonyl (C=O) groups is 2. The predicted molar refractivity (Wildman–Crippen MR) is 131 cm³/mol. The van der Waals surface area contributed by atoms with E-state index in [0.717, 1.165) is 29.9 Å². The van der Waals surface area contributed by atoms with Crippen molar-refractivity contribution in [2.75, 3.05) is 31.5 Å². The van der Waals surface area contributed by atoms with E-state index >= 15 is 0 Å². The number of nitrogens with zero attached hydrogens (tertiary/aromatic N) is 4. The minimum absolute atomic E-state index is 0.114. The smallest absolute Gasteiger partial charge is 0.321 e. The van der Waals surface area contributed by atoms with Gasteiger partial charge in [0.05, 0.1) is 0 Å². The van der Waals surface area contributed by atoms with Crippen molar-refractivity contribution in [2.45, 2.75) is 40.2 Å². The molecule has 8 heteroatoms. The Bertz CT molecular complexity index is 1100. The van der Waals surface area contributed by atoms with Crippen molar-refractivity contribution in [1.29, 1.82) is 5.26 Å². The largest absolute Gasteiger partial charge is 0.349 e. The van der Waals surface area contributed by atoms with Gasteiger partial charge in [-0.15, -0.1) is 0 Å². The van der Waals surface area contributed by atoms with Crippen molar-refractivity contribution < 1.29 is 9.59 Å². The van der Waals surface area contributed by atoms with E-state index in [1.54, 1.807) is 40.1 Å². The van der Waals surface area contributed by atoms with Gasteiger partial charge < -0.3 is 19.7 Å². The molecule has 1 aliphatic rings. The number of aromatic nitrogens is 1. The summed E-state index contributed by atoms with van der Waals surface area (Å²) >= 11 is 5.99. The van der Waals surface area contributed by atoms with Gasteiger partial charge in [-0.2, -0.15) is 5.26 Å². The molecule has 0 bridgehead atoms. The number of nitriles is 1. The van der Waals surface area contributed by atoms with Crippen molar-refractivity contribution in [2.24, 2.45) is 0 Å². The van der Waals surface area contributed by atoms with Crippen LogP contribution in [0.1, 0.15) is 36.7 Å². The predicted octanol–water partition coefficient (Wildman–Crippen LogP) is 4.84. The molecule has 1 aliphatic heterocycles. The summed E-state index contributed by atoms with van der Waals surface area (Å²) < 4.78 is 2.20. The van der Waals surface area contributed by atoms with Gasteiger partial charge in [-0.05, 0) is 62.6 Å². The number of halogens is 1. The number of hydrogen-bond donors (Lipinski definition) is 1. The molecule has 1 fully saturated rings. The second kappa shape index (κ2) is 11.1. The monoisotopic (exact) mass is 467 g/mol. The van der Waals surface area contributed by atoms with E-state index in [-0.39, 0.29) is 17.5 Å². The topological polar surface area (TPSA) is 81.4 Å². The Labute approximate surface area is 200 Å². The Balaban J connectivity index is 1.68. The highest BCUT2D eigenvalue weighted by molar-refractivity contribution is 6.30. The van der Waals surface area contributed by atoms with Crippen LogP contribution in [-0.4, -0.2) is 52.5 Å². The van der Waals surface area contributed by atoms with Crippen LogP contribution in [0.2, 0.25) is 5.02 Å². The van der Waals surface area contributed by atoms with Crippen LogP contribution >= 0.6 is 11.6 Å². The molecule has 0 spiro atoms. The molecule has 1 aromatic heterocycles. The summed E-state index contributed by atoms with van der Waals surface area (Å²) in [7, 11) is 0. The number of urea groups is 1. The maximum absolute atomic E-state index is 13.1. The summed E-state index contributed by atoms with van der Waals surface area (Å²) in [5, 5.41) is 13.1. The van der Waals surface area contributed by atoms with Crippen LogP contribution in [0.5, 0.6) is 0 Å². The van der Waals surface area contributed by atoms with Crippen molar-refractivity contribution in [1.82, 2.24) is 14.4 Å². The van der Waals surface area contributed by atoms with E-state index in [2.05, 4.69) is 22.9 Å². The molecule has 1 N–H and O–H groups in total. The third-order valence-electron chi connectivity index (χ3n) is 5.86. The zero-order valence-corrected chi connectivity index (χ0v) is 20.2. The van der Waals surface area contributed by atoms with Gasteiger partial charge in [0.2, 0.25) is 0 Å². The highest BCUT2D eigenvalue weighted by Gasteiger charge is 2.24. The van der Waals surface area contributed by atoms with Gasteiger partial charge in [-0.1, -0.05) is 24.6 Å². The number of amides is 3. The van der Waals surface area contributed by atoms with Crippen LogP contribution in [0.3, 0.4) is 0 Å². The van der Waals surface area contributed by atoms with Crippen LogP contribution in [0.25, 0.3) is 6.08 Å². The van der Waals surface area contributed by atoms with Crippen LogP contribution < -0.4 is 5.32 Å². The molecule has 1 saturated heterocycles. The van der Waals surface area contributed by atoms with E-state index in [9.17, 15) is 14.9 Å². The third-order valence-corrected chi connectivity index (χ3v) is 6.09. The molecule has 33 heavy (non-hydrogen) atoms. The zero-order valence-electron chi connectivity index (χ0n) is 19.4. The zero-order chi connectivity index (χ0) is 24.0. The highest BCUT2D eigenvalue weighted by atomic mass is 35.5. The summed E-state index contributed by atoms with van der Waals surface area (Å²) in [5.41, 5.74) is 3.79. The fourth-order valence-electron chi connectivity index (χ4n) is 4.10. The van der Waals surface area contributed by atoms with E-state index in [4.69, 9.17) is 11.6 Å². The lowest BCUT2D eigenvalue weighted by Gasteiger charge is -2.22. The Morgan fingerprint density at radius 3 is 2.58 bits per heavy atom. The average Bonchev–Trinajstić information content (AvgIpc) is 2.96. The number of aryl methyl sites for hydroxylation is 1. The van der Waals surface area contributed by atoms with Crippen molar-refractivity contribution >= 4 is 35.3 Å². The maximum Gasteiger partial charge on any atom is 0.321 e. The summed E-state index contributed by atoms with van der Waals surface area (Å²) in [6, 6.07) is 10.9. The third kappa shape index (κ3) is 5.96. The first kappa shape index (κ1) is 24.4. The van der Waals surface area contributed by atoms with Crippen LogP contribution in [0.15, 0.2) is 35.9 Å². The fourth-order valence-corrected chi connectivity index (χ4v) is 4.29. The molecule has 0 unspecified atom stereocenters. The number of anilines is 1. The molecule has 174 valence electrons. The van der Waals surface area contributed by atoms with Gasteiger partial charge in [0.15, 0.2) is 0 Å². The van der Waals surface area contributed by atoms with Crippen molar-refractivity contribution in [3.8, 4) is 6.07 Å². The Hall–Kier alpha value is -3.24. The number of rotatable bonds is 5. The van der Waals surface area contributed by atoms with Gasteiger partial charge in [-0.25, -0.2) is 4.79 Å². The van der Waals surface area contributed by atoms with Crippen molar-refractivity contribution in [3.63, 3.8) is 0 Å². The standard InChI is InChI=1S/C25H30ClN5O2/c1-4-9-31-18(2)14-20(19(31)3)15-21(17-27)24(32)29-10-6-11-30(13-12-29)25(33)28-23-8-5-7-22(26)16-23/h5,7-8,14-16H,4,6,9-13H2,1-3H3,(H,28,33)/b21-15+. The minimum Gasteiger partial charge on any atom is -0.349 e. The lowest BCUT2D eigenvalue weighted by molar-refractivity contribution is -0.126. The van der Waals surface area contributed by atoms with Crippen LogP contribution in [0, 0.1) is 25.2 Å². The minimum atomic E-state index is -0.296. The van der Waals surface area contributed by atoms with Crippen molar-refractivity contribution in [3.05, 3.63) is 57.9 Å². The lowest BCUT2D eigenvalue weighted by Crippen LogP contribution is -2.39. The Morgan fingerprint density at radius 2 is 1.88 bits per heavy atom. The SMILES string of the molecule is CCCn1c(C)cc(/C=C(\C#N)C(=O)N2CCCN(C(=O)Nc3cccc(Cl)c3)CC2)c1C. The molecular weight excluding hydrogens is 438 g/mol. The van der Waals surface area contributed by atoms with E-state index in [0.29, 0.717) is 43.3 Å². The normalized spacial score (nSPS) is 14.6. The molecule has 2 heterocycles. The quantitative estimate of drug-likeness (QED) is 0.504. The van der Waals surface area contributed by atoms with Gasteiger partial charge in [0.1, 0.15) is 11.6 Å². The first-order chi connectivity index (χ1) is 15.8. The molecule has 0 radical (unpaired) electrons. The summed E-state index contributed by atoms with van der Waals surface area (Å²) in [6.07, 6.45) is 3.34. The van der Waals surface area contributed by atoms with Gasteiger partial charge in [0.25, 0.3) is 5.91 Å². The first-order valence-electron chi connectivity index (χ1n) is 11.2. The van der Waals surface area contributed by atoms with E-state index < -0.39 is 0 Å². The fraction of sp³-hybridized carbons (Fsp3) is 0.400. The second-order valence-corrected chi connectivity index (χ2v) is 8.66. The molecule has 7 nitrogen and oxygen atoms in total.